The summed E-state index contributed by atoms with van der Waals surface area (Å²) in [6.07, 6.45) is 18.1. The number of nitrogens with zero attached hydrogens (tertiary/aromatic N) is 3. The molecule has 12 nitrogen and oxygen atoms in total. The third-order valence-corrected chi connectivity index (χ3v) is 8.47. The number of H-pyrrole nitrogens is 1. The molecule has 1 aromatic heterocycles. The lowest BCUT2D eigenvalue weighted by atomic mass is 10.0. The number of aromatic amines is 1. The highest BCUT2D eigenvalue weighted by molar-refractivity contribution is 7.90. The molecule has 0 spiro atoms. The molecule has 0 bridgehead atoms. The van der Waals surface area contributed by atoms with E-state index in [1.54, 1.807) is 6.92 Å². The van der Waals surface area contributed by atoms with E-state index in [0.717, 1.165) is 37.9 Å². The van der Waals surface area contributed by atoms with Crippen LogP contribution in [-0.2, 0) is 30.8 Å². The van der Waals surface area contributed by atoms with Crippen LogP contribution in [0.1, 0.15) is 135 Å². The molecule has 0 saturated carbocycles. The number of aliphatic carboxylic acids is 1. The monoisotopic (exact) mass is 600 g/mol. The molecule has 1 atom stereocenters. The van der Waals surface area contributed by atoms with Crippen LogP contribution in [0.15, 0.2) is 0 Å². The molecule has 0 radical (unpaired) electrons. The maximum Gasteiger partial charge on any atom is 0.306 e. The minimum atomic E-state index is -3.75. The molecule has 236 valence electrons. The number of aryl methyl sites for hydroxylation is 1. The summed E-state index contributed by atoms with van der Waals surface area (Å²) in [4.78, 5) is 34.6. The summed E-state index contributed by atoms with van der Waals surface area (Å²) in [6, 6.07) is 0. The largest absolute Gasteiger partial charge is 0.481 e. The van der Waals surface area contributed by atoms with Gasteiger partial charge in [-0.2, -0.15) is 0 Å². The zero-order valence-electron chi connectivity index (χ0n) is 24.9. The first-order chi connectivity index (χ1) is 19.7. The van der Waals surface area contributed by atoms with Crippen molar-refractivity contribution < 1.29 is 27.9 Å². The summed E-state index contributed by atoms with van der Waals surface area (Å²) in [7, 11) is -3.75. The Bertz CT molecular complexity index is 942. The standard InChI is InChI=1S/C28H52N6O6S/c1-24(28(37)38)18-15-16-22-29-26(35)21-17-23-41(39,40)32-27(36)20-14-12-10-8-6-4-2-3-5-7-9-11-13-19-25-30-33-34-31-25/h24H,2-23H2,1H3,(H,29,35)(H,32,36)(H,37,38)(H,30,31,33,34)/t24-/m0/s1. The van der Waals surface area contributed by atoms with Gasteiger partial charge in [-0.1, -0.05) is 84.0 Å². The first-order valence-electron chi connectivity index (χ1n) is 15.4. The van der Waals surface area contributed by atoms with Crippen molar-refractivity contribution in [3.05, 3.63) is 5.82 Å². The molecule has 0 fully saturated rings. The molecule has 0 aliphatic carbocycles. The molecule has 2 amide bonds. The Morgan fingerprint density at radius 3 is 1.90 bits per heavy atom. The van der Waals surface area contributed by atoms with E-state index in [1.807, 2.05) is 0 Å². The van der Waals surface area contributed by atoms with Crippen molar-refractivity contribution in [2.24, 2.45) is 5.92 Å². The summed E-state index contributed by atoms with van der Waals surface area (Å²) in [6.45, 7) is 2.08. The number of hydrogen-bond acceptors (Lipinski definition) is 8. The molecule has 0 aromatic carbocycles. The van der Waals surface area contributed by atoms with Gasteiger partial charge in [-0.15, -0.1) is 5.10 Å². The Kier molecular flexibility index (Phi) is 20.5. The SMILES string of the molecule is C[C@@H](CCCCNC(=O)CCCS(=O)(=O)NC(=O)CCCCCCCCCCCCCCCc1nnn[nH]1)C(=O)O. The Morgan fingerprint density at radius 1 is 0.780 bits per heavy atom. The lowest BCUT2D eigenvalue weighted by Gasteiger charge is -2.08. The van der Waals surface area contributed by atoms with E-state index in [2.05, 4.69) is 30.7 Å². The Balaban J connectivity index is 1.89. The number of carbonyl (C=O) groups is 3. The maximum atomic E-state index is 12.1. The van der Waals surface area contributed by atoms with Crippen molar-refractivity contribution in [2.75, 3.05) is 12.3 Å². The van der Waals surface area contributed by atoms with Crippen LogP contribution in [0.3, 0.4) is 0 Å². The highest BCUT2D eigenvalue weighted by Gasteiger charge is 2.15. The van der Waals surface area contributed by atoms with Crippen LogP contribution >= 0.6 is 0 Å². The average molecular weight is 601 g/mol. The number of nitrogens with one attached hydrogen (secondary N) is 3. The summed E-state index contributed by atoms with van der Waals surface area (Å²) in [5.41, 5.74) is 0. The Morgan fingerprint density at radius 2 is 1.34 bits per heavy atom. The number of carboxylic acid groups (broad SMARTS) is 1. The summed E-state index contributed by atoms with van der Waals surface area (Å²) in [5.74, 6) is -1.37. The van der Waals surface area contributed by atoms with Gasteiger partial charge < -0.3 is 10.4 Å². The fourth-order valence-electron chi connectivity index (χ4n) is 4.52. The number of amides is 2. The van der Waals surface area contributed by atoms with Crippen LogP contribution in [0, 0.1) is 5.92 Å². The number of rotatable bonds is 27. The molecule has 13 heteroatoms. The molecule has 0 saturated heterocycles. The van der Waals surface area contributed by atoms with E-state index in [0.29, 0.717) is 32.2 Å². The molecule has 0 unspecified atom stereocenters. The number of sulfonamides is 1. The van der Waals surface area contributed by atoms with E-state index in [4.69, 9.17) is 5.11 Å². The second-order valence-corrected chi connectivity index (χ2v) is 12.8. The zero-order chi connectivity index (χ0) is 30.2. The van der Waals surface area contributed by atoms with Crippen LogP contribution in [-0.4, -0.2) is 64.2 Å². The van der Waals surface area contributed by atoms with Gasteiger partial charge in [0.1, 0.15) is 5.82 Å². The number of tetrazole rings is 1. The number of hydrogen-bond donors (Lipinski definition) is 4. The van der Waals surface area contributed by atoms with Crippen molar-refractivity contribution in [3.8, 4) is 0 Å². The predicted molar refractivity (Wildman–Crippen MR) is 157 cm³/mol. The van der Waals surface area contributed by atoms with Gasteiger partial charge in [0.05, 0.1) is 11.7 Å². The number of carbonyl (C=O) groups excluding carboxylic acids is 2. The minimum Gasteiger partial charge on any atom is -0.481 e. The predicted octanol–water partition coefficient (Wildman–Crippen LogP) is 4.44. The summed E-state index contributed by atoms with van der Waals surface area (Å²) in [5, 5.41) is 25.4. The minimum absolute atomic E-state index is 0.0598. The van der Waals surface area contributed by atoms with Crippen LogP contribution < -0.4 is 10.0 Å². The molecule has 1 aromatic rings. The van der Waals surface area contributed by atoms with Crippen LogP contribution in [0.5, 0.6) is 0 Å². The summed E-state index contributed by atoms with van der Waals surface area (Å²) >= 11 is 0. The average Bonchev–Trinajstić information content (AvgIpc) is 3.43. The van der Waals surface area contributed by atoms with E-state index in [9.17, 15) is 22.8 Å². The fourth-order valence-corrected chi connectivity index (χ4v) is 5.60. The van der Waals surface area contributed by atoms with Crippen molar-refractivity contribution in [3.63, 3.8) is 0 Å². The highest BCUT2D eigenvalue weighted by atomic mass is 32.2. The third-order valence-electron chi connectivity index (χ3n) is 7.10. The van der Waals surface area contributed by atoms with Gasteiger partial charge in [-0.3, -0.25) is 19.1 Å². The molecule has 41 heavy (non-hydrogen) atoms. The van der Waals surface area contributed by atoms with E-state index in [1.165, 1.54) is 51.4 Å². The molecule has 0 aliphatic heterocycles. The van der Waals surface area contributed by atoms with E-state index in [-0.39, 0.29) is 30.9 Å². The Hall–Kier alpha value is -2.57. The normalized spacial score (nSPS) is 12.2. The van der Waals surface area contributed by atoms with E-state index < -0.39 is 27.8 Å². The topological polar surface area (TPSA) is 184 Å². The highest BCUT2D eigenvalue weighted by Crippen LogP contribution is 2.13. The quantitative estimate of drug-likeness (QED) is 0.106. The van der Waals surface area contributed by atoms with Gasteiger partial charge in [0.15, 0.2) is 0 Å². The van der Waals surface area contributed by atoms with Crippen molar-refractivity contribution in [1.82, 2.24) is 30.7 Å². The van der Waals surface area contributed by atoms with Gasteiger partial charge in [-0.05, 0) is 42.5 Å². The number of carboxylic acids is 1. The van der Waals surface area contributed by atoms with Gasteiger partial charge >= 0.3 is 5.97 Å². The maximum absolute atomic E-state index is 12.1. The summed E-state index contributed by atoms with van der Waals surface area (Å²) < 4.78 is 26.3. The molecular weight excluding hydrogens is 548 g/mol. The van der Waals surface area contributed by atoms with Gasteiger partial charge in [0.2, 0.25) is 21.8 Å². The van der Waals surface area contributed by atoms with Crippen molar-refractivity contribution in [2.45, 2.75) is 135 Å². The smallest absolute Gasteiger partial charge is 0.306 e. The van der Waals surface area contributed by atoms with Crippen LogP contribution in [0.4, 0.5) is 0 Å². The van der Waals surface area contributed by atoms with Gasteiger partial charge in [0.25, 0.3) is 0 Å². The van der Waals surface area contributed by atoms with Gasteiger partial charge in [0, 0.05) is 25.8 Å². The second-order valence-electron chi connectivity index (χ2n) is 11.0. The fraction of sp³-hybridized carbons (Fsp3) is 0.857. The third kappa shape index (κ3) is 21.8. The molecular formula is C28H52N6O6S. The van der Waals surface area contributed by atoms with Gasteiger partial charge in [-0.25, -0.2) is 13.5 Å². The molecule has 1 rings (SSSR count). The van der Waals surface area contributed by atoms with Crippen LogP contribution in [0.25, 0.3) is 0 Å². The first kappa shape index (κ1) is 36.5. The Labute approximate surface area is 245 Å². The first-order valence-corrected chi connectivity index (χ1v) is 17.1. The molecule has 1 heterocycles. The van der Waals surface area contributed by atoms with E-state index >= 15 is 0 Å². The van der Waals surface area contributed by atoms with Crippen LogP contribution in [0.2, 0.25) is 0 Å². The van der Waals surface area contributed by atoms with Crippen molar-refractivity contribution >= 4 is 27.8 Å². The van der Waals surface area contributed by atoms with Crippen molar-refractivity contribution in [1.29, 1.82) is 0 Å². The molecule has 4 N–H and O–H groups in total. The second kappa shape index (κ2) is 23.0. The zero-order valence-corrected chi connectivity index (χ0v) is 25.7. The lowest BCUT2D eigenvalue weighted by Crippen LogP contribution is -2.33. The number of unbranched alkanes of at least 4 members (excludes halogenated alkanes) is 13. The number of aromatic nitrogens is 4. The molecule has 0 aliphatic rings. The lowest BCUT2D eigenvalue weighted by molar-refractivity contribution is -0.141.